The third-order valence-electron chi connectivity index (χ3n) is 2.66. The van der Waals surface area contributed by atoms with Crippen LogP contribution in [0.25, 0.3) is 0 Å². The number of carbonyl (C=O) groups excluding carboxylic acids is 2. The van der Waals surface area contributed by atoms with E-state index in [-0.39, 0.29) is 17.7 Å². The van der Waals surface area contributed by atoms with Crippen molar-refractivity contribution in [2.24, 2.45) is 11.8 Å². The Morgan fingerprint density at radius 3 is 2.54 bits per heavy atom. The van der Waals surface area contributed by atoms with Gasteiger partial charge in [0.15, 0.2) is 0 Å². The lowest BCUT2D eigenvalue weighted by Crippen LogP contribution is -2.34. The van der Waals surface area contributed by atoms with E-state index in [4.69, 9.17) is 0 Å². The minimum atomic E-state index is -0.100. The normalized spacial score (nSPS) is 25.5. The lowest BCUT2D eigenvalue weighted by atomic mass is 10.1. The molecular formula is C10H17NO2. The SMILES string of the molecule is CCC(C)CN1C(=O)CC(C)C1=O. The van der Waals surface area contributed by atoms with Gasteiger partial charge in [-0.2, -0.15) is 0 Å². The highest BCUT2D eigenvalue weighted by Crippen LogP contribution is 2.20. The van der Waals surface area contributed by atoms with Crippen molar-refractivity contribution in [1.29, 1.82) is 0 Å². The van der Waals surface area contributed by atoms with Crippen molar-refractivity contribution in [3.63, 3.8) is 0 Å². The average Bonchev–Trinajstić information content (AvgIpc) is 2.32. The Bertz CT molecular complexity index is 225. The van der Waals surface area contributed by atoms with Crippen LogP contribution in [0.3, 0.4) is 0 Å². The zero-order valence-electron chi connectivity index (χ0n) is 8.54. The van der Waals surface area contributed by atoms with Crippen LogP contribution in [0.5, 0.6) is 0 Å². The van der Waals surface area contributed by atoms with Crippen molar-refractivity contribution < 1.29 is 9.59 Å². The van der Waals surface area contributed by atoms with E-state index in [1.807, 2.05) is 6.92 Å². The molecule has 1 heterocycles. The summed E-state index contributed by atoms with van der Waals surface area (Å²) < 4.78 is 0. The van der Waals surface area contributed by atoms with Crippen molar-refractivity contribution in [3.05, 3.63) is 0 Å². The Hall–Kier alpha value is -0.860. The van der Waals surface area contributed by atoms with Crippen LogP contribution < -0.4 is 0 Å². The van der Waals surface area contributed by atoms with E-state index < -0.39 is 0 Å². The molecule has 2 atom stereocenters. The second kappa shape index (κ2) is 3.90. The van der Waals surface area contributed by atoms with E-state index in [2.05, 4.69) is 13.8 Å². The molecule has 1 rings (SSSR count). The number of hydrogen-bond donors (Lipinski definition) is 0. The summed E-state index contributed by atoms with van der Waals surface area (Å²) >= 11 is 0. The first-order chi connectivity index (χ1) is 6.06. The largest absolute Gasteiger partial charge is 0.282 e. The number of carbonyl (C=O) groups is 2. The Labute approximate surface area is 79.1 Å². The minimum Gasteiger partial charge on any atom is -0.282 e. The van der Waals surface area contributed by atoms with Crippen molar-refractivity contribution in [2.45, 2.75) is 33.6 Å². The van der Waals surface area contributed by atoms with Crippen molar-refractivity contribution in [1.82, 2.24) is 4.90 Å². The van der Waals surface area contributed by atoms with Crippen LogP contribution in [0.4, 0.5) is 0 Å². The maximum Gasteiger partial charge on any atom is 0.232 e. The molecule has 0 aromatic carbocycles. The van der Waals surface area contributed by atoms with Gasteiger partial charge in [0.1, 0.15) is 0 Å². The first-order valence-corrected chi connectivity index (χ1v) is 4.90. The predicted octanol–water partition coefficient (Wildman–Crippen LogP) is 1.43. The summed E-state index contributed by atoms with van der Waals surface area (Å²) in [6.45, 7) is 6.54. The third-order valence-corrected chi connectivity index (χ3v) is 2.66. The van der Waals surface area contributed by atoms with Crippen LogP contribution in [0.15, 0.2) is 0 Å². The molecule has 0 radical (unpaired) electrons. The smallest absolute Gasteiger partial charge is 0.232 e. The van der Waals surface area contributed by atoms with Crippen LogP contribution >= 0.6 is 0 Å². The Morgan fingerprint density at radius 2 is 2.15 bits per heavy atom. The van der Waals surface area contributed by atoms with Crippen LogP contribution in [0, 0.1) is 11.8 Å². The van der Waals surface area contributed by atoms with Gasteiger partial charge in [0.2, 0.25) is 11.8 Å². The van der Waals surface area contributed by atoms with Gasteiger partial charge in [0.05, 0.1) is 0 Å². The standard InChI is InChI=1S/C10H17NO2/c1-4-7(2)6-11-9(12)5-8(3)10(11)13/h7-8H,4-6H2,1-3H3. The quantitative estimate of drug-likeness (QED) is 0.621. The first kappa shape index (κ1) is 10.2. The lowest BCUT2D eigenvalue weighted by molar-refractivity contribution is -0.139. The van der Waals surface area contributed by atoms with E-state index in [9.17, 15) is 9.59 Å². The third kappa shape index (κ3) is 2.08. The summed E-state index contributed by atoms with van der Waals surface area (Å²) in [5, 5.41) is 0. The highest BCUT2D eigenvalue weighted by molar-refractivity contribution is 6.03. The number of imide groups is 1. The van der Waals surface area contributed by atoms with Gasteiger partial charge in [0.25, 0.3) is 0 Å². The van der Waals surface area contributed by atoms with Gasteiger partial charge >= 0.3 is 0 Å². The number of likely N-dealkylation sites (tertiary alicyclic amines) is 1. The topological polar surface area (TPSA) is 37.4 Å². The van der Waals surface area contributed by atoms with Gasteiger partial charge in [-0.05, 0) is 5.92 Å². The molecule has 0 aliphatic carbocycles. The molecule has 0 bridgehead atoms. The van der Waals surface area contributed by atoms with Crippen LogP contribution in [0.2, 0.25) is 0 Å². The Morgan fingerprint density at radius 1 is 1.54 bits per heavy atom. The minimum absolute atomic E-state index is 0.00204. The molecule has 2 amide bonds. The molecule has 1 aliphatic rings. The maximum absolute atomic E-state index is 11.5. The molecule has 1 saturated heterocycles. The summed E-state index contributed by atoms with van der Waals surface area (Å²) in [6.07, 6.45) is 1.40. The van der Waals surface area contributed by atoms with Gasteiger partial charge in [0, 0.05) is 18.9 Å². The van der Waals surface area contributed by atoms with E-state index in [1.165, 1.54) is 4.90 Å². The number of amides is 2. The van der Waals surface area contributed by atoms with E-state index in [0.717, 1.165) is 6.42 Å². The molecular weight excluding hydrogens is 166 g/mol. The summed E-state index contributed by atoms with van der Waals surface area (Å²) in [5.74, 6) is 0.317. The number of nitrogens with zero attached hydrogens (tertiary/aromatic N) is 1. The zero-order valence-corrected chi connectivity index (χ0v) is 8.54. The Balaban J connectivity index is 2.59. The number of hydrogen-bond acceptors (Lipinski definition) is 2. The van der Waals surface area contributed by atoms with Crippen molar-refractivity contribution in [2.75, 3.05) is 6.54 Å². The molecule has 2 unspecified atom stereocenters. The fourth-order valence-electron chi connectivity index (χ4n) is 1.48. The molecule has 3 heteroatoms. The Kier molecular flexibility index (Phi) is 3.07. The summed E-state index contributed by atoms with van der Waals surface area (Å²) in [4.78, 5) is 24.2. The molecule has 0 saturated carbocycles. The molecule has 0 N–H and O–H groups in total. The van der Waals surface area contributed by atoms with Crippen LogP contribution in [-0.4, -0.2) is 23.3 Å². The molecule has 0 aromatic heterocycles. The van der Waals surface area contributed by atoms with Gasteiger partial charge in [-0.15, -0.1) is 0 Å². The van der Waals surface area contributed by atoms with Crippen LogP contribution in [-0.2, 0) is 9.59 Å². The van der Waals surface area contributed by atoms with Gasteiger partial charge in [-0.1, -0.05) is 27.2 Å². The summed E-state index contributed by atoms with van der Waals surface area (Å²) in [6, 6.07) is 0. The lowest BCUT2D eigenvalue weighted by Gasteiger charge is -2.18. The number of rotatable bonds is 3. The molecule has 74 valence electrons. The predicted molar refractivity (Wildman–Crippen MR) is 50.0 cm³/mol. The highest BCUT2D eigenvalue weighted by Gasteiger charge is 2.35. The molecule has 0 spiro atoms. The summed E-state index contributed by atoms with van der Waals surface area (Å²) in [7, 11) is 0. The van der Waals surface area contributed by atoms with Crippen LogP contribution in [0.1, 0.15) is 33.6 Å². The monoisotopic (exact) mass is 183 g/mol. The van der Waals surface area contributed by atoms with Gasteiger partial charge in [-0.25, -0.2) is 0 Å². The average molecular weight is 183 g/mol. The second-order valence-corrected chi connectivity index (χ2v) is 3.96. The van der Waals surface area contributed by atoms with Crippen molar-refractivity contribution >= 4 is 11.8 Å². The van der Waals surface area contributed by atoms with Crippen molar-refractivity contribution in [3.8, 4) is 0 Å². The summed E-state index contributed by atoms with van der Waals surface area (Å²) in [5.41, 5.74) is 0. The highest BCUT2D eigenvalue weighted by atomic mass is 16.2. The van der Waals surface area contributed by atoms with Gasteiger partial charge in [-0.3, -0.25) is 14.5 Å². The molecule has 3 nitrogen and oxygen atoms in total. The van der Waals surface area contributed by atoms with E-state index >= 15 is 0 Å². The van der Waals surface area contributed by atoms with E-state index in [1.54, 1.807) is 0 Å². The first-order valence-electron chi connectivity index (χ1n) is 4.90. The second-order valence-electron chi connectivity index (χ2n) is 3.96. The molecule has 0 aromatic rings. The molecule has 13 heavy (non-hydrogen) atoms. The van der Waals surface area contributed by atoms with Gasteiger partial charge < -0.3 is 0 Å². The zero-order chi connectivity index (χ0) is 10.0. The fourth-order valence-corrected chi connectivity index (χ4v) is 1.48. The fraction of sp³-hybridized carbons (Fsp3) is 0.800. The molecule has 1 aliphatic heterocycles. The maximum atomic E-state index is 11.5. The van der Waals surface area contributed by atoms with E-state index in [0.29, 0.717) is 18.9 Å². The molecule has 1 fully saturated rings.